The molecular weight excluding hydrogens is 292 g/mol. The summed E-state index contributed by atoms with van der Waals surface area (Å²) in [5.74, 6) is 0.0253. The fourth-order valence-corrected chi connectivity index (χ4v) is 2.81. The Morgan fingerprint density at radius 2 is 2.04 bits per heavy atom. The summed E-state index contributed by atoms with van der Waals surface area (Å²) in [6.45, 7) is 3.86. The van der Waals surface area contributed by atoms with Crippen LogP contribution in [0.25, 0.3) is 27.7 Å². The summed E-state index contributed by atoms with van der Waals surface area (Å²) in [5, 5.41) is 16.1. The van der Waals surface area contributed by atoms with E-state index in [1.807, 2.05) is 26.1 Å². The van der Waals surface area contributed by atoms with Gasteiger partial charge in [0, 0.05) is 11.8 Å². The number of phenolic OH excluding ortho intramolecular Hbond substituents is 1. The van der Waals surface area contributed by atoms with Crippen molar-refractivity contribution in [3.63, 3.8) is 0 Å². The summed E-state index contributed by atoms with van der Waals surface area (Å²) in [6, 6.07) is 6.93. The van der Waals surface area contributed by atoms with Crippen LogP contribution in [0.1, 0.15) is 11.3 Å². The van der Waals surface area contributed by atoms with Crippen LogP contribution in [-0.2, 0) is 0 Å². The van der Waals surface area contributed by atoms with Crippen LogP contribution >= 0.6 is 0 Å². The van der Waals surface area contributed by atoms with Gasteiger partial charge in [0.1, 0.15) is 5.75 Å². The predicted octanol–water partition coefficient (Wildman–Crippen LogP) is 2.56. The Morgan fingerprint density at radius 3 is 2.87 bits per heavy atom. The number of phenols is 1. The Labute approximate surface area is 131 Å². The minimum absolute atomic E-state index is 0.0253. The molecule has 0 radical (unpaired) electrons. The van der Waals surface area contributed by atoms with Crippen molar-refractivity contribution < 1.29 is 5.11 Å². The molecule has 2 N–H and O–H groups in total. The SMILES string of the molecule is Cc1cn2nc(-c3cc4cc[nH]c(=O)c4cc3O)cc(C)c2n1. The number of aromatic amines is 1. The van der Waals surface area contributed by atoms with E-state index in [1.165, 1.54) is 6.07 Å². The van der Waals surface area contributed by atoms with Gasteiger partial charge in [-0.2, -0.15) is 5.10 Å². The number of imidazole rings is 1. The van der Waals surface area contributed by atoms with Gasteiger partial charge in [0.15, 0.2) is 5.65 Å². The molecule has 4 rings (SSSR count). The summed E-state index contributed by atoms with van der Waals surface area (Å²) in [4.78, 5) is 18.8. The number of nitrogens with one attached hydrogen (secondary N) is 1. The van der Waals surface area contributed by atoms with Crippen molar-refractivity contribution in [2.75, 3.05) is 0 Å². The van der Waals surface area contributed by atoms with Crippen molar-refractivity contribution >= 4 is 16.4 Å². The second-order valence-corrected chi connectivity index (χ2v) is 5.63. The molecule has 4 aromatic rings. The molecule has 6 nitrogen and oxygen atoms in total. The molecular formula is C17H14N4O2. The standard InChI is InChI=1S/C17H14N4O2/c1-9-5-14(20-21-8-10(2)19-16(9)21)13-6-11-3-4-18-17(23)12(11)7-15(13)22/h3-8,22H,1-2H3,(H,18,23). The maximum absolute atomic E-state index is 11.8. The number of hydrogen-bond acceptors (Lipinski definition) is 4. The molecule has 0 fully saturated rings. The minimum Gasteiger partial charge on any atom is -0.507 e. The van der Waals surface area contributed by atoms with Crippen LogP contribution in [0.5, 0.6) is 5.75 Å². The molecule has 0 unspecified atom stereocenters. The second kappa shape index (κ2) is 4.67. The Balaban J connectivity index is 2.02. The van der Waals surface area contributed by atoms with E-state index in [1.54, 1.807) is 22.8 Å². The van der Waals surface area contributed by atoms with Gasteiger partial charge in [0.05, 0.1) is 23.0 Å². The van der Waals surface area contributed by atoms with Gasteiger partial charge in [-0.1, -0.05) is 0 Å². The molecule has 0 spiro atoms. The van der Waals surface area contributed by atoms with Crippen LogP contribution in [0.2, 0.25) is 0 Å². The predicted molar refractivity (Wildman–Crippen MR) is 87.7 cm³/mol. The first-order valence-corrected chi connectivity index (χ1v) is 7.21. The van der Waals surface area contributed by atoms with Gasteiger partial charge in [-0.05, 0) is 49.1 Å². The highest BCUT2D eigenvalue weighted by Crippen LogP contribution is 2.31. The van der Waals surface area contributed by atoms with Gasteiger partial charge in [-0.25, -0.2) is 9.50 Å². The quantitative estimate of drug-likeness (QED) is 0.566. The Hall–Kier alpha value is -3.15. The first-order chi connectivity index (χ1) is 11.0. The molecule has 0 aliphatic heterocycles. The lowest BCUT2D eigenvalue weighted by Gasteiger charge is -2.08. The lowest BCUT2D eigenvalue weighted by Crippen LogP contribution is -2.04. The number of pyridine rings is 1. The van der Waals surface area contributed by atoms with Crippen molar-refractivity contribution in [2.45, 2.75) is 13.8 Å². The summed E-state index contributed by atoms with van der Waals surface area (Å²) >= 11 is 0. The maximum atomic E-state index is 11.8. The van der Waals surface area contributed by atoms with E-state index >= 15 is 0 Å². The highest BCUT2D eigenvalue weighted by Gasteiger charge is 2.12. The zero-order valence-electron chi connectivity index (χ0n) is 12.7. The fourth-order valence-electron chi connectivity index (χ4n) is 2.81. The monoisotopic (exact) mass is 306 g/mol. The van der Waals surface area contributed by atoms with Gasteiger partial charge >= 0.3 is 0 Å². The van der Waals surface area contributed by atoms with Gasteiger partial charge in [-0.3, -0.25) is 4.79 Å². The van der Waals surface area contributed by atoms with Gasteiger partial charge < -0.3 is 10.1 Å². The van der Waals surface area contributed by atoms with Crippen LogP contribution in [-0.4, -0.2) is 24.7 Å². The van der Waals surface area contributed by atoms with Crippen molar-refractivity contribution in [2.24, 2.45) is 0 Å². The van der Waals surface area contributed by atoms with Crippen LogP contribution in [0.3, 0.4) is 0 Å². The van der Waals surface area contributed by atoms with Crippen LogP contribution in [0, 0.1) is 13.8 Å². The van der Waals surface area contributed by atoms with E-state index < -0.39 is 0 Å². The zero-order chi connectivity index (χ0) is 16.1. The fraction of sp³-hybridized carbons (Fsp3) is 0.118. The number of benzene rings is 1. The molecule has 0 saturated heterocycles. The van der Waals surface area contributed by atoms with Gasteiger partial charge in [0.2, 0.25) is 0 Å². The van der Waals surface area contributed by atoms with Crippen molar-refractivity contribution in [3.05, 3.63) is 58.3 Å². The molecule has 0 atom stereocenters. The minimum atomic E-state index is -0.228. The summed E-state index contributed by atoms with van der Waals surface area (Å²) in [7, 11) is 0. The molecule has 0 amide bonds. The highest BCUT2D eigenvalue weighted by molar-refractivity contribution is 5.89. The summed E-state index contributed by atoms with van der Waals surface area (Å²) in [6.07, 6.45) is 3.43. The largest absolute Gasteiger partial charge is 0.507 e. The number of fused-ring (bicyclic) bond motifs is 2. The average molecular weight is 306 g/mol. The molecule has 23 heavy (non-hydrogen) atoms. The molecule has 1 aromatic carbocycles. The van der Waals surface area contributed by atoms with E-state index in [9.17, 15) is 9.90 Å². The normalized spacial score (nSPS) is 11.4. The Bertz CT molecular complexity index is 1120. The van der Waals surface area contributed by atoms with E-state index in [2.05, 4.69) is 15.1 Å². The van der Waals surface area contributed by atoms with E-state index in [4.69, 9.17) is 0 Å². The molecule has 0 aliphatic rings. The van der Waals surface area contributed by atoms with E-state index in [0.717, 1.165) is 22.3 Å². The molecule has 6 heteroatoms. The second-order valence-electron chi connectivity index (χ2n) is 5.63. The molecule has 0 aliphatic carbocycles. The molecule has 3 aromatic heterocycles. The number of hydrogen-bond donors (Lipinski definition) is 2. The number of aromatic hydroxyl groups is 1. The number of rotatable bonds is 1. The van der Waals surface area contributed by atoms with Gasteiger partial charge in [-0.15, -0.1) is 0 Å². The number of aryl methyl sites for hydroxylation is 2. The third-order valence-corrected chi connectivity index (χ3v) is 3.90. The topological polar surface area (TPSA) is 83.3 Å². The Kier molecular flexibility index (Phi) is 2.74. The average Bonchev–Trinajstić information content (AvgIpc) is 2.89. The summed E-state index contributed by atoms with van der Waals surface area (Å²) < 4.78 is 1.71. The maximum Gasteiger partial charge on any atom is 0.255 e. The van der Waals surface area contributed by atoms with E-state index in [0.29, 0.717) is 16.6 Å². The van der Waals surface area contributed by atoms with Crippen molar-refractivity contribution in [1.29, 1.82) is 0 Å². The van der Waals surface area contributed by atoms with Crippen molar-refractivity contribution in [3.8, 4) is 17.0 Å². The van der Waals surface area contributed by atoms with Crippen LogP contribution < -0.4 is 5.56 Å². The highest BCUT2D eigenvalue weighted by atomic mass is 16.3. The summed E-state index contributed by atoms with van der Waals surface area (Å²) in [5.41, 5.74) is 3.63. The molecule has 0 saturated carbocycles. The molecule has 3 heterocycles. The lowest BCUT2D eigenvalue weighted by molar-refractivity contribution is 0.478. The first kappa shape index (κ1) is 13.5. The Morgan fingerprint density at radius 1 is 1.22 bits per heavy atom. The number of nitrogens with zero attached hydrogens (tertiary/aromatic N) is 3. The number of H-pyrrole nitrogens is 1. The third kappa shape index (κ3) is 2.07. The molecule has 0 bridgehead atoms. The number of aromatic nitrogens is 4. The zero-order valence-corrected chi connectivity index (χ0v) is 12.7. The third-order valence-electron chi connectivity index (χ3n) is 3.90. The van der Waals surface area contributed by atoms with Crippen LogP contribution in [0.4, 0.5) is 0 Å². The lowest BCUT2D eigenvalue weighted by atomic mass is 10.0. The van der Waals surface area contributed by atoms with Crippen molar-refractivity contribution in [1.82, 2.24) is 19.6 Å². The molecule has 114 valence electrons. The van der Waals surface area contributed by atoms with E-state index in [-0.39, 0.29) is 11.3 Å². The van der Waals surface area contributed by atoms with Gasteiger partial charge in [0.25, 0.3) is 5.56 Å². The first-order valence-electron chi connectivity index (χ1n) is 7.21. The smallest absolute Gasteiger partial charge is 0.255 e. The van der Waals surface area contributed by atoms with Crippen LogP contribution in [0.15, 0.2) is 41.5 Å².